The lowest BCUT2D eigenvalue weighted by atomic mass is 10.1. The molecule has 3 N–H and O–H groups in total. The molecule has 1 atom stereocenters. The van der Waals surface area contributed by atoms with Crippen LogP contribution >= 0.6 is 0 Å². The highest BCUT2D eigenvalue weighted by molar-refractivity contribution is 5.76. The lowest BCUT2D eigenvalue weighted by Crippen LogP contribution is -2.32. The smallest absolute Gasteiger partial charge is 0.224 e. The van der Waals surface area contributed by atoms with Crippen LogP contribution in [-0.4, -0.2) is 29.0 Å². The number of hydrogen-bond acceptors (Lipinski definition) is 3. The summed E-state index contributed by atoms with van der Waals surface area (Å²) >= 11 is 0. The minimum Gasteiger partial charge on any atom is -0.508 e. The fraction of sp³-hybridized carbons (Fsp3) is 0.500. The number of nitrogens with two attached hydrogens (primary N) is 1. The molecule has 0 aromatic heterocycles. The van der Waals surface area contributed by atoms with Crippen LogP contribution in [0.4, 0.5) is 0 Å². The fourth-order valence-corrected chi connectivity index (χ4v) is 1.82. The van der Waals surface area contributed by atoms with Gasteiger partial charge in [-0.1, -0.05) is 25.5 Å². The Hall–Kier alpha value is -1.55. The Balaban J connectivity index is 2.46. The molecule has 0 spiro atoms. The summed E-state index contributed by atoms with van der Waals surface area (Å²) in [6.07, 6.45) is 2.26. The number of phenols is 1. The van der Waals surface area contributed by atoms with E-state index in [4.69, 9.17) is 5.73 Å². The molecule has 0 radical (unpaired) electrons. The minimum absolute atomic E-state index is 0.0511. The molecule has 0 saturated heterocycles. The van der Waals surface area contributed by atoms with Gasteiger partial charge in [0.1, 0.15) is 5.75 Å². The van der Waals surface area contributed by atoms with E-state index in [1.165, 1.54) is 0 Å². The molecule has 0 fully saturated rings. The van der Waals surface area contributed by atoms with Crippen molar-refractivity contribution in [1.82, 2.24) is 4.90 Å². The molecule has 18 heavy (non-hydrogen) atoms. The lowest BCUT2D eigenvalue weighted by molar-refractivity contribution is -0.130. The largest absolute Gasteiger partial charge is 0.508 e. The summed E-state index contributed by atoms with van der Waals surface area (Å²) < 4.78 is 0. The van der Waals surface area contributed by atoms with Crippen LogP contribution in [0, 0.1) is 0 Å². The quantitative estimate of drug-likeness (QED) is 0.810. The monoisotopic (exact) mass is 250 g/mol. The van der Waals surface area contributed by atoms with Crippen molar-refractivity contribution < 1.29 is 9.90 Å². The molecule has 0 heterocycles. The molecule has 0 bridgehead atoms. The molecule has 1 unspecified atom stereocenters. The summed E-state index contributed by atoms with van der Waals surface area (Å²) in [5, 5.41) is 9.18. The van der Waals surface area contributed by atoms with Crippen LogP contribution in [0.3, 0.4) is 0 Å². The van der Waals surface area contributed by atoms with Gasteiger partial charge in [0.05, 0.1) is 0 Å². The van der Waals surface area contributed by atoms with Crippen LogP contribution < -0.4 is 5.73 Å². The van der Waals surface area contributed by atoms with Crippen molar-refractivity contribution in [2.75, 3.05) is 7.05 Å². The van der Waals surface area contributed by atoms with Crippen molar-refractivity contribution in [2.24, 2.45) is 5.73 Å². The van der Waals surface area contributed by atoms with Gasteiger partial charge in [-0.15, -0.1) is 0 Å². The molecule has 1 aromatic rings. The second kappa shape index (κ2) is 7.01. The molecule has 0 saturated carbocycles. The molecule has 1 rings (SSSR count). The standard InChI is InChI=1S/C14H22N2O2/c1-3-4-12(15)9-14(18)16(2)10-11-5-7-13(17)8-6-11/h5-8,12,17H,3-4,9-10,15H2,1-2H3. The summed E-state index contributed by atoms with van der Waals surface area (Å²) in [6.45, 7) is 2.60. The summed E-state index contributed by atoms with van der Waals surface area (Å²) in [5.41, 5.74) is 6.85. The van der Waals surface area contributed by atoms with Crippen LogP contribution in [0.15, 0.2) is 24.3 Å². The van der Waals surface area contributed by atoms with Crippen LogP contribution in [0.2, 0.25) is 0 Å². The van der Waals surface area contributed by atoms with E-state index < -0.39 is 0 Å². The maximum Gasteiger partial charge on any atom is 0.224 e. The molecular weight excluding hydrogens is 228 g/mol. The van der Waals surface area contributed by atoms with E-state index in [1.54, 1.807) is 24.1 Å². The zero-order valence-electron chi connectivity index (χ0n) is 11.1. The first-order valence-corrected chi connectivity index (χ1v) is 6.30. The van der Waals surface area contributed by atoms with E-state index in [9.17, 15) is 9.90 Å². The van der Waals surface area contributed by atoms with Crippen molar-refractivity contribution >= 4 is 5.91 Å². The Morgan fingerprint density at radius 2 is 2.00 bits per heavy atom. The molecule has 1 amide bonds. The van der Waals surface area contributed by atoms with Crippen LogP contribution in [-0.2, 0) is 11.3 Å². The third-order valence-electron chi connectivity index (χ3n) is 2.88. The molecule has 100 valence electrons. The van der Waals surface area contributed by atoms with Crippen molar-refractivity contribution in [2.45, 2.75) is 38.8 Å². The van der Waals surface area contributed by atoms with Crippen LogP contribution in [0.25, 0.3) is 0 Å². The average molecular weight is 250 g/mol. The predicted octanol–water partition coefficient (Wildman–Crippen LogP) is 1.87. The van der Waals surface area contributed by atoms with Crippen molar-refractivity contribution in [1.29, 1.82) is 0 Å². The average Bonchev–Trinajstić information content (AvgIpc) is 2.32. The van der Waals surface area contributed by atoms with E-state index in [0.717, 1.165) is 18.4 Å². The second-order valence-electron chi connectivity index (χ2n) is 4.67. The minimum atomic E-state index is -0.0511. The van der Waals surface area contributed by atoms with Crippen LogP contribution in [0.1, 0.15) is 31.7 Å². The molecule has 1 aromatic carbocycles. The molecule has 0 aliphatic heterocycles. The van der Waals surface area contributed by atoms with Crippen molar-refractivity contribution in [3.63, 3.8) is 0 Å². The van der Waals surface area contributed by atoms with E-state index in [-0.39, 0.29) is 17.7 Å². The number of amides is 1. The van der Waals surface area contributed by atoms with Gasteiger partial charge in [0, 0.05) is 26.1 Å². The summed E-state index contributed by atoms with van der Waals surface area (Å²) in [4.78, 5) is 13.6. The Bertz CT molecular complexity index is 376. The molecule has 4 nitrogen and oxygen atoms in total. The highest BCUT2D eigenvalue weighted by Crippen LogP contribution is 2.12. The predicted molar refractivity (Wildman–Crippen MR) is 72.1 cm³/mol. The molecule has 4 heteroatoms. The van der Waals surface area contributed by atoms with Gasteiger partial charge in [0.15, 0.2) is 0 Å². The first-order chi connectivity index (χ1) is 8.52. The maximum atomic E-state index is 11.9. The lowest BCUT2D eigenvalue weighted by Gasteiger charge is -2.19. The van der Waals surface area contributed by atoms with Gasteiger partial charge in [-0.2, -0.15) is 0 Å². The van der Waals surface area contributed by atoms with E-state index in [2.05, 4.69) is 6.92 Å². The first kappa shape index (κ1) is 14.5. The number of phenolic OH excluding ortho intramolecular Hbond substituents is 1. The topological polar surface area (TPSA) is 66.6 Å². The number of hydrogen-bond donors (Lipinski definition) is 2. The zero-order chi connectivity index (χ0) is 13.5. The van der Waals surface area contributed by atoms with Crippen molar-refractivity contribution in [3.8, 4) is 5.75 Å². The molecular formula is C14H22N2O2. The Labute approximate surface area is 108 Å². The number of aromatic hydroxyl groups is 1. The summed E-state index contributed by atoms with van der Waals surface area (Å²) in [7, 11) is 1.77. The highest BCUT2D eigenvalue weighted by Gasteiger charge is 2.13. The van der Waals surface area contributed by atoms with Crippen molar-refractivity contribution in [3.05, 3.63) is 29.8 Å². The van der Waals surface area contributed by atoms with Gasteiger partial charge in [-0.05, 0) is 24.1 Å². The zero-order valence-corrected chi connectivity index (χ0v) is 11.1. The number of nitrogens with zero attached hydrogens (tertiary/aromatic N) is 1. The van der Waals surface area contributed by atoms with E-state index in [0.29, 0.717) is 13.0 Å². The summed E-state index contributed by atoms with van der Waals surface area (Å²) in [5.74, 6) is 0.293. The van der Waals surface area contributed by atoms with Gasteiger partial charge >= 0.3 is 0 Å². The Morgan fingerprint density at radius 1 is 1.39 bits per heavy atom. The Morgan fingerprint density at radius 3 is 2.56 bits per heavy atom. The fourth-order valence-electron chi connectivity index (χ4n) is 1.82. The summed E-state index contributed by atoms with van der Waals surface area (Å²) in [6, 6.07) is 6.81. The third-order valence-corrected chi connectivity index (χ3v) is 2.88. The van der Waals surface area contributed by atoms with Crippen LogP contribution in [0.5, 0.6) is 5.75 Å². The normalized spacial score (nSPS) is 12.2. The van der Waals surface area contributed by atoms with Gasteiger partial charge in [-0.25, -0.2) is 0 Å². The van der Waals surface area contributed by atoms with Gasteiger partial charge in [0.25, 0.3) is 0 Å². The molecule has 0 aliphatic rings. The molecule has 0 aliphatic carbocycles. The van der Waals surface area contributed by atoms with Gasteiger partial charge < -0.3 is 15.7 Å². The number of benzene rings is 1. The SMILES string of the molecule is CCCC(N)CC(=O)N(C)Cc1ccc(O)cc1. The number of carbonyl (C=O) groups is 1. The maximum absolute atomic E-state index is 11.9. The van der Waals surface area contributed by atoms with E-state index in [1.807, 2.05) is 12.1 Å². The number of rotatable bonds is 6. The first-order valence-electron chi connectivity index (χ1n) is 6.30. The Kier molecular flexibility index (Phi) is 5.65. The highest BCUT2D eigenvalue weighted by atomic mass is 16.3. The van der Waals surface area contributed by atoms with Gasteiger partial charge in [-0.3, -0.25) is 4.79 Å². The third kappa shape index (κ3) is 4.75. The second-order valence-corrected chi connectivity index (χ2v) is 4.67. The number of carbonyl (C=O) groups excluding carboxylic acids is 1. The van der Waals surface area contributed by atoms with E-state index >= 15 is 0 Å². The van der Waals surface area contributed by atoms with Gasteiger partial charge in [0.2, 0.25) is 5.91 Å².